The first-order valence-corrected chi connectivity index (χ1v) is 17.4. The zero-order valence-electron chi connectivity index (χ0n) is 28.3. The van der Waals surface area contributed by atoms with Gasteiger partial charge in [0.25, 0.3) is 0 Å². The Morgan fingerprint density at radius 1 is 0.889 bits per heavy atom. The second-order valence-electron chi connectivity index (χ2n) is 18.0. The SMILES string of the molecule is CC1(C)CC[C@]2(C(=O)O)C(O)C[C@]3(C)C(=CC[C@@H]4[C@@]5(C)CCC(OC6OC(CO)C(O)C(O)C6O)C(C)(C)C5CC[C@]43C)[C@@H]2C1. The van der Waals surface area contributed by atoms with Crippen LogP contribution >= 0.6 is 0 Å². The Labute approximate surface area is 268 Å². The highest BCUT2D eigenvalue weighted by Crippen LogP contribution is 2.76. The molecule has 256 valence electrons. The van der Waals surface area contributed by atoms with E-state index in [2.05, 4.69) is 54.5 Å². The molecule has 0 spiro atoms. The highest BCUT2D eigenvalue weighted by atomic mass is 16.7. The quantitative estimate of drug-likeness (QED) is 0.199. The number of fused-ring (bicyclic) bond motifs is 7. The van der Waals surface area contributed by atoms with Gasteiger partial charge in [-0.25, -0.2) is 0 Å². The van der Waals surface area contributed by atoms with Gasteiger partial charge in [-0.1, -0.05) is 60.1 Å². The van der Waals surface area contributed by atoms with Gasteiger partial charge in [-0.2, -0.15) is 0 Å². The average molecular weight is 635 g/mol. The van der Waals surface area contributed by atoms with Gasteiger partial charge < -0.3 is 40.1 Å². The van der Waals surface area contributed by atoms with E-state index >= 15 is 0 Å². The van der Waals surface area contributed by atoms with Crippen molar-refractivity contribution in [3.8, 4) is 0 Å². The van der Waals surface area contributed by atoms with E-state index in [-0.39, 0.29) is 39.1 Å². The summed E-state index contributed by atoms with van der Waals surface area (Å²) in [6.07, 6.45) is 1.79. The molecule has 45 heavy (non-hydrogen) atoms. The van der Waals surface area contributed by atoms with Crippen molar-refractivity contribution in [1.82, 2.24) is 0 Å². The standard InChI is InChI=1S/C36H58O9/c1-31(2)14-15-36(30(42)43)20(16-31)19-8-9-23-33(5)12-11-25(45-29-28(41)27(40)26(39)21(18-37)44-29)32(3,4)22(33)10-13-34(23,6)35(19,7)17-24(36)38/h8,20-29,37-41H,9-18H2,1-7H3,(H,42,43)/t20-,21?,22?,23+,24?,25?,26?,27?,28?,29?,33-,34+,35+,36+/m0/s1. The zero-order valence-corrected chi connectivity index (χ0v) is 28.3. The normalized spacial score (nSPS) is 53.6. The molecule has 9 nitrogen and oxygen atoms in total. The molecule has 6 rings (SSSR count). The number of aliphatic hydroxyl groups excluding tert-OH is 5. The van der Waals surface area contributed by atoms with Crippen molar-refractivity contribution in [1.29, 1.82) is 0 Å². The van der Waals surface area contributed by atoms with E-state index in [0.717, 1.165) is 44.9 Å². The van der Waals surface area contributed by atoms with Crippen LogP contribution in [0.15, 0.2) is 11.6 Å². The van der Waals surface area contributed by atoms with Gasteiger partial charge in [-0.05, 0) is 103 Å². The van der Waals surface area contributed by atoms with Gasteiger partial charge in [-0.15, -0.1) is 0 Å². The van der Waals surface area contributed by atoms with E-state index in [4.69, 9.17) is 9.47 Å². The summed E-state index contributed by atoms with van der Waals surface area (Å²) in [6, 6.07) is 0. The fraction of sp³-hybridized carbons (Fsp3) is 0.917. The molecule has 14 atom stereocenters. The Bertz CT molecular complexity index is 1210. The van der Waals surface area contributed by atoms with E-state index in [1.165, 1.54) is 5.57 Å². The van der Waals surface area contributed by atoms with Crippen LogP contribution in [-0.2, 0) is 14.3 Å². The summed E-state index contributed by atoms with van der Waals surface area (Å²) in [4.78, 5) is 13.0. The number of carbonyl (C=O) groups is 1. The van der Waals surface area contributed by atoms with Crippen LogP contribution in [0.1, 0.15) is 106 Å². The predicted octanol–water partition coefficient (Wildman–Crippen LogP) is 4.03. The predicted molar refractivity (Wildman–Crippen MR) is 167 cm³/mol. The van der Waals surface area contributed by atoms with Gasteiger partial charge in [0.15, 0.2) is 6.29 Å². The van der Waals surface area contributed by atoms with Crippen LogP contribution < -0.4 is 0 Å². The first-order valence-electron chi connectivity index (χ1n) is 17.4. The fourth-order valence-corrected chi connectivity index (χ4v) is 12.3. The van der Waals surface area contributed by atoms with Crippen molar-refractivity contribution < 1.29 is 44.9 Å². The molecule has 8 unspecified atom stereocenters. The number of hydrogen-bond donors (Lipinski definition) is 6. The number of ether oxygens (including phenoxy) is 2. The van der Waals surface area contributed by atoms with Crippen molar-refractivity contribution in [3.05, 3.63) is 11.6 Å². The Morgan fingerprint density at radius 2 is 1.58 bits per heavy atom. The Morgan fingerprint density at radius 3 is 2.22 bits per heavy atom. The van der Waals surface area contributed by atoms with Crippen LogP contribution in [0.2, 0.25) is 0 Å². The summed E-state index contributed by atoms with van der Waals surface area (Å²) in [5.74, 6) is -0.382. The molecule has 0 aromatic heterocycles. The molecule has 4 saturated carbocycles. The molecule has 5 aliphatic carbocycles. The minimum Gasteiger partial charge on any atom is -0.481 e. The molecule has 0 radical (unpaired) electrons. The maximum absolute atomic E-state index is 13.0. The largest absolute Gasteiger partial charge is 0.481 e. The lowest BCUT2D eigenvalue weighted by atomic mass is 9.33. The van der Waals surface area contributed by atoms with Gasteiger partial charge in [-0.3, -0.25) is 4.79 Å². The molecule has 6 aliphatic rings. The zero-order chi connectivity index (χ0) is 33.1. The number of carboxylic acids is 1. The van der Waals surface area contributed by atoms with Crippen LogP contribution in [0, 0.1) is 50.2 Å². The van der Waals surface area contributed by atoms with Crippen LogP contribution in [0.5, 0.6) is 0 Å². The molecular formula is C36H58O9. The summed E-state index contributed by atoms with van der Waals surface area (Å²) in [6.45, 7) is 15.6. The van der Waals surface area contributed by atoms with E-state index in [1.54, 1.807) is 0 Å². The van der Waals surface area contributed by atoms with E-state index in [0.29, 0.717) is 24.7 Å². The molecule has 0 aromatic carbocycles. The minimum atomic E-state index is -1.47. The molecule has 1 aliphatic heterocycles. The van der Waals surface area contributed by atoms with Gasteiger partial charge in [0.1, 0.15) is 29.8 Å². The second-order valence-corrected chi connectivity index (χ2v) is 18.0. The van der Waals surface area contributed by atoms with Crippen molar-refractivity contribution in [3.63, 3.8) is 0 Å². The van der Waals surface area contributed by atoms with Gasteiger partial charge >= 0.3 is 5.97 Å². The maximum Gasteiger partial charge on any atom is 0.312 e. The number of carboxylic acid groups (broad SMARTS) is 1. The molecule has 0 aromatic rings. The van der Waals surface area contributed by atoms with Crippen molar-refractivity contribution in [2.75, 3.05) is 6.61 Å². The average Bonchev–Trinajstić information content (AvgIpc) is 2.94. The number of aliphatic hydroxyl groups is 5. The Kier molecular flexibility index (Phi) is 8.05. The molecule has 9 heteroatoms. The number of hydrogen-bond acceptors (Lipinski definition) is 8. The van der Waals surface area contributed by atoms with Crippen molar-refractivity contribution in [2.24, 2.45) is 50.2 Å². The molecule has 0 amide bonds. The third kappa shape index (κ3) is 4.54. The molecule has 5 fully saturated rings. The highest BCUT2D eigenvalue weighted by molar-refractivity contribution is 5.77. The lowest BCUT2D eigenvalue weighted by Crippen LogP contribution is -2.68. The van der Waals surface area contributed by atoms with Gasteiger partial charge in [0, 0.05) is 0 Å². The van der Waals surface area contributed by atoms with Crippen LogP contribution in [-0.4, -0.2) is 86.1 Å². The van der Waals surface area contributed by atoms with Crippen LogP contribution in [0.4, 0.5) is 0 Å². The van der Waals surface area contributed by atoms with Gasteiger partial charge in [0.2, 0.25) is 0 Å². The number of allylic oxidation sites excluding steroid dienone is 2. The number of rotatable bonds is 4. The summed E-state index contributed by atoms with van der Waals surface area (Å²) >= 11 is 0. The molecule has 1 saturated heterocycles. The molecular weight excluding hydrogens is 576 g/mol. The Balaban J connectivity index is 1.31. The van der Waals surface area contributed by atoms with E-state index in [1.807, 2.05) is 0 Å². The van der Waals surface area contributed by atoms with Crippen molar-refractivity contribution in [2.45, 2.75) is 149 Å². The minimum absolute atomic E-state index is 0.0210. The first-order chi connectivity index (χ1) is 20.8. The third-order valence-corrected chi connectivity index (χ3v) is 15.2. The van der Waals surface area contributed by atoms with Crippen LogP contribution in [0.25, 0.3) is 0 Å². The van der Waals surface area contributed by atoms with Crippen molar-refractivity contribution >= 4 is 5.97 Å². The smallest absolute Gasteiger partial charge is 0.312 e. The lowest BCUT2D eigenvalue weighted by Gasteiger charge is -2.71. The monoisotopic (exact) mass is 634 g/mol. The topological polar surface area (TPSA) is 157 Å². The highest BCUT2D eigenvalue weighted by Gasteiger charge is 2.71. The summed E-state index contributed by atoms with van der Waals surface area (Å²) in [5.41, 5.74) is -0.571. The molecule has 0 bridgehead atoms. The summed E-state index contributed by atoms with van der Waals surface area (Å²) < 4.78 is 12.2. The summed E-state index contributed by atoms with van der Waals surface area (Å²) in [5, 5.41) is 63.5. The number of aliphatic carboxylic acids is 1. The third-order valence-electron chi connectivity index (χ3n) is 15.2. The second kappa shape index (κ2) is 10.7. The lowest BCUT2D eigenvalue weighted by molar-refractivity contribution is -0.330. The van der Waals surface area contributed by atoms with E-state index in [9.17, 15) is 35.4 Å². The Hall–Kier alpha value is -1.07. The first kappa shape index (κ1) is 33.8. The maximum atomic E-state index is 13.0. The van der Waals surface area contributed by atoms with E-state index < -0.39 is 54.8 Å². The molecule has 6 N–H and O–H groups in total. The summed E-state index contributed by atoms with van der Waals surface area (Å²) in [7, 11) is 0. The molecule has 1 heterocycles. The van der Waals surface area contributed by atoms with Gasteiger partial charge in [0.05, 0.1) is 18.8 Å². The fourth-order valence-electron chi connectivity index (χ4n) is 12.3. The van der Waals surface area contributed by atoms with Crippen LogP contribution in [0.3, 0.4) is 0 Å².